The van der Waals surface area contributed by atoms with Gasteiger partial charge in [-0.05, 0) is 0 Å². The normalized spacial score (nSPS) is 15.9. The van der Waals surface area contributed by atoms with Crippen molar-refractivity contribution in [3.63, 3.8) is 0 Å². The molecule has 11 heteroatoms. The van der Waals surface area contributed by atoms with Crippen LogP contribution in [0.2, 0.25) is 0 Å². The summed E-state index contributed by atoms with van der Waals surface area (Å²) in [6.07, 6.45) is -2.56. The molecule has 0 aliphatic carbocycles. The molecule has 0 N–H and O–H groups in total. The summed E-state index contributed by atoms with van der Waals surface area (Å²) in [5.74, 6) is -25.5. The fourth-order valence-corrected chi connectivity index (χ4v) is 1.49. The second kappa shape index (κ2) is 4.81. The van der Waals surface area contributed by atoms with Gasteiger partial charge in [0.05, 0.1) is 10.2 Å². The molecule has 0 aliphatic rings. The number of alkyl halides is 10. The Morgan fingerprint density at radius 1 is 0.684 bits per heavy atom. The standard InChI is InChI=1S/C8H10F10Si/c1-2-3-4(9,10)5(11,12)6(13,14)7(15,16)8(17,18)19/h2-3H2,1,19H3. The summed E-state index contributed by atoms with van der Waals surface area (Å²) in [6, 6.07) is 0. The molecule has 0 heterocycles. The molecule has 0 saturated heterocycles. The van der Waals surface area contributed by atoms with Gasteiger partial charge in [0.25, 0.3) is 5.55 Å². The Morgan fingerprint density at radius 2 is 1.05 bits per heavy atom. The molecule has 0 nitrogen and oxygen atoms in total. The third-order valence-corrected chi connectivity index (χ3v) is 2.99. The highest BCUT2D eigenvalue weighted by Crippen LogP contribution is 2.57. The Balaban J connectivity index is 5.77. The van der Waals surface area contributed by atoms with Gasteiger partial charge in [-0.3, -0.25) is 0 Å². The average molecular weight is 324 g/mol. The van der Waals surface area contributed by atoms with Crippen LogP contribution in [0.25, 0.3) is 0 Å². The van der Waals surface area contributed by atoms with E-state index in [1.54, 1.807) is 0 Å². The van der Waals surface area contributed by atoms with Gasteiger partial charge in [0, 0.05) is 6.42 Å². The van der Waals surface area contributed by atoms with Crippen molar-refractivity contribution >= 4 is 10.2 Å². The molecule has 0 atom stereocenters. The van der Waals surface area contributed by atoms with Gasteiger partial charge < -0.3 is 0 Å². The van der Waals surface area contributed by atoms with E-state index in [2.05, 4.69) is 0 Å². The SMILES string of the molecule is CCCC(F)(F)C(F)(F)C(F)(F)C(F)(F)C(F)(F)[SiH3]. The Bertz CT molecular complexity index is 318. The van der Waals surface area contributed by atoms with Crippen LogP contribution in [0, 0.1) is 0 Å². The largest absolute Gasteiger partial charge is 0.383 e. The monoisotopic (exact) mass is 324 g/mol. The molecular formula is C8H10F10Si. The molecule has 0 rings (SSSR count). The van der Waals surface area contributed by atoms with Crippen molar-refractivity contribution in [2.75, 3.05) is 0 Å². The van der Waals surface area contributed by atoms with Crippen molar-refractivity contribution in [3.8, 4) is 0 Å². The van der Waals surface area contributed by atoms with E-state index in [0.717, 1.165) is 6.92 Å². The molecule has 19 heavy (non-hydrogen) atoms. The van der Waals surface area contributed by atoms with E-state index in [9.17, 15) is 43.9 Å². The maximum absolute atomic E-state index is 12.9. The maximum atomic E-state index is 12.9. The lowest BCUT2D eigenvalue weighted by molar-refractivity contribution is -0.390. The summed E-state index contributed by atoms with van der Waals surface area (Å²) in [7, 11) is -1.90. The molecule has 0 aliphatic heterocycles. The molecular weight excluding hydrogens is 314 g/mol. The molecule has 0 fully saturated rings. The van der Waals surface area contributed by atoms with Crippen LogP contribution in [0.3, 0.4) is 0 Å². The molecule has 0 radical (unpaired) electrons. The summed E-state index contributed by atoms with van der Waals surface area (Å²) in [6.45, 7) is 0.918. The minimum absolute atomic E-state index is 0.721. The van der Waals surface area contributed by atoms with Crippen molar-refractivity contribution in [2.45, 2.75) is 49.0 Å². The van der Waals surface area contributed by atoms with Crippen LogP contribution in [0.4, 0.5) is 43.9 Å². The minimum atomic E-state index is -6.87. The second-order valence-electron chi connectivity index (χ2n) is 4.07. The maximum Gasteiger partial charge on any atom is 0.383 e. The van der Waals surface area contributed by atoms with E-state index < -0.39 is 52.3 Å². The Labute approximate surface area is 104 Å². The molecule has 0 saturated carbocycles. The number of rotatable bonds is 6. The lowest BCUT2D eigenvalue weighted by Crippen LogP contribution is -2.67. The molecule has 0 aromatic heterocycles. The minimum Gasteiger partial charge on any atom is -0.206 e. The highest BCUT2D eigenvalue weighted by molar-refractivity contribution is 6.14. The average Bonchev–Trinajstić information content (AvgIpc) is 2.14. The molecule has 0 spiro atoms. The smallest absolute Gasteiger partial charge is 0.206 e. The van der Waals surface area contributed by atoms with E-state index in [-0.39, 0.29) is 0 Å². The van der Waals surface area contributed by atoms with Gasteiger partial charge in [0.15, 0.2) is 0 Å². The van der Waals surface area contributed by atoms with Gasteiger partial charge in [0.1, 0.15) is 0 Å². The van der Waals surface area contributed by atoms with Gasteiger partial charge in [-0.2, -0.15) is 35.1 Å². The third-order valence-electron chi connectivity index (χ3n) is 2.36. The molecule has 0 aromatic rings. The number of halogens is 10. The van der Waals surface area contributed by atoms with E-state index in [4.69, 9.17) is 0 Å². The Morgan fingerprint density at radius 3 is 1.32 bits per heavy atom. The van der Waals surface area contributed by atoms with Crippen molar-refractivity contribution < 1.29 is 43.9 Å². The van der Waals surface area contributed by atoms with Crippen molar-refractivity contribution in [3.05, 3.63) is 0 Å². The van der Waals surface area contributed by atoms with E-state index in [1.807, 2.05) is 0 Å². The predicted octanol–water partition coefficient (Wildman–Crippen LogP) is 3.29. The van der Waals surface area contributed by atoms with Gasteiger partial charge in [-0.25, -0.2) is 8.78 Å². The van der Waals surface area contributed by atoms with Crippen LogP contribution in [0.15, 0.2) is 0 Å². The summed E-state index contributed by atoms with van der Waals surface area (Å²) < 4.78 is 127. The van der Waals surface area contributed by atoms with Gasteiger partial charge in [-0.1, -0.05) is 13.3 Å². The first kappa shape index (κ1) is 18.5. The zero-order valence-corrected chi connectivity index (χ0v) is 11.7. The summed E-state index contributed by atoms with van der Waals surface area (Å²) in [4.78, 5) is 0. The van der Waals surface area contributed by atoms with E-state index in [0.29, 0.717) is 0 Å². The van der Waals surface area contributed by atoms with Crippen LogP contribution < -0.4 is 0 Å². The summed E-state index contributed by atoms with van der Waals surface area (Å²) >= 11 is 0. The second-order valence-corrected chi connectivity index (χ2v) is 5.32. The highest BCUT2D eigenvalue weighted by atomic mass is 28.1. The Hall–Kier alpha value is -0.483. The van der Waals surface area contributed by atoms with E-state index >= 15 is 0 Å². The topological polar surface area (TPSA) is 0 Å². The molecule has 0 unspecified atom stereocenters. The predicted molar refractivity (Wildman–Crippen MR) is 49.6 cm³/mol. The first-order valence-corrected chi connectivity index (χ1v) is 5.95. The van der Waals surface area contributed by atoms with Crippen LogP contribution in [-0.4, -0.2) is 39.5 Å². The van der Waals surface area contributed by atoms with Gasteiger partial charge >= 0.3 is 23.7 Å². The zero-order valence-electron chi connectivity index (χ0n) is 9.69. The number of hydrogen-bond acceptors (Lipinski definition) is 0. The van der Waals surface area contributed by atoms with Gasteiger partial charge in [-0.15, -0.1) is 0 Å². The van der Waals surface area contributed by atoms with E-state index in [1.165, 1.54) is 0 Å². The lowest BCUT2D eigenvalue weighted by atomic mass is 9.96. The molecule has 116 valence electrons. The highest BCUT2D eigenvalue weighted by Gasteiger charge is 2.84. The van der Waals surface area contributed by atoms with Crippen LogP contribution in [-0.2, 0) is 0 Å². The fourth-order valence-electron chi connectivity index (χ4n) is 1.17. The first-order valence-electron chi connectivity index (χ1n) is 4.95. The molecule has 0 amide bonds. The summed E-state index contributed by atoms with van der Waals surface area (Å²) in [5, 5.41) is 0. The summed E-state index contributed by atoms with van der Waals surface area (Å²) in [5.41, 5.74) is -5.46. The Kier molecular flexibility index (Phi) is 4.69. The molecule has 0 bridgehead atoms. The van der Waals surface area contributed by atoms with Crippen molar-refractivity contribution in [1.82, 2.24) is 0 Å². The lowest BCUT2D eigenvalue weighted by Gasteiger charge is -2.38. The van der Waals surface area contributed by atoms with Crippen molar-refractivity contribution in [1.29, 1.82) is 0 Å². The van der Waals surface area contributed by atoms with Crippen LogP contribution >= 0.6 is 0 Å². The van der Waals surface area contributed by atoms with Crippen molar-refractivity contribution in [2.24, 2.45) is 0 Å². The van der Waals surface area contributed by atoms with Gasteiger partial charge in [0.2, 0.25) is 0 Å². The van der Waals surface area contributed by atoms with Crippen LogP contribution in [0.5, 0.6) is 0 Å². The fraction of sp³-hybridized carbons (Fsp3) is 1.00. The quantitative estimate of drug-likeness (QED) is 0.520. The number of hydrogen-bond donors (Lipinski definition) is 0. The first-order chi connectivity index (χ1) is 8.06. The third kappa shape index (κ3) is 2.70. The molecule has 0 aromatic carbocycles. The zero-order chi connectivity index (χ0) is 15.9. The van der Waals surface area contributed by atoms with Crippen LogP contribution in [0.1, 0.15) is 19.8 Å².